The number of hydrogen-bond acceptors (Lipinski definition) is 3. The fourth-order valence-electron chi connectivity index (χ4n) is 2.63. The summed E-state index contributed by atoms with van der Waals surface area (Å²) in [5.41, 5.74) is 1.93. The molecule has 0 radical (unpaired) electrons. The molecule has 2 rings (SSSR count). The quantitative estimate of drug-likeness (QED) is 0.788. The van der Waals surface area contributed by atoms with Crippen LogP contribution < -0.4 is 5.32 Å². The second-order valence-corrected chi connectivity index (χ2v) is 7.79. The summed E-state index contributed by atoms with van der Waals surface area (Å²) >= 11 is 0. The van der Waals surface area contributed by atoms with Gasteiger partial charge in [-0.2, -0.15) is 4.31 Å². The summed E-state index contributed by atoms with van der Waals surface area (Å²) in [4.78, 5) is 0.452. The molecule has 0 unspecified atom stereocenters. The van der Waals surface area contributed by atoms with E-state index < -0.39 is 10.0 Å². The molecule has 1 aliphatic rings. The van der Waals surface area contributed by atoms with Crippen LogP contribution in [-0.2, 0) is 16.6 Å². The topological polar surface area (TPSA) is 49.4 Å². The Labute approximate surface area is 128 Å². The lowest BCUT2D eigenvalue weighted by Crippen LogP contribution is -2.41. The van der Waals surface area contributed by atoms with Crippen molar-refractivity contribution in [3.63, 3.8) is 0 Å². The van der Waals surface area contributed by atoms with E-state index in [4.69, 9.17) is 0 Å². The molecule has 0 heterocycles. The second-order valence-electron chi connectivity index (χ2n) is 5.82. The van der Waals surface area contributed by atoms with E-state index in [-0.39, 0.29) is 6.04 Å². The maximum absolute atomic E-state index is 12.8. The maximum atomic E-state index is 12.8. The number of nitrogens with one attached hydrogen (secondary N) is 1. The van der Waals surface area contributed by atoms with Gasteiger partial charge in [0, 0.05) is 19.6 Å². The highest BCUT2D eigenvalue weighted by Crippen LogP contribution is 2.30. The Balaban J connectivity index is 2.24. The Bertz CT molecular complexity index is 580. The van der Waals surface area contributed by atoms with Crippen molar-refractivity contribution >= 4 is 10.0 Å². The van der Waals surface area contributed by atoms with Crippen LogP contribution in [0.15, 0.2) is 23.1 Å². The summed E-state index contributed by atoms with van der Waals surface area (Å²) < 4.78 is 27.1. The van der Waals surface area contributed by atoms with Crippen LogP contribution in [0.25, 0.3) is 0 Å². The van der Waals surface area contributed by atoms with Gasteiger partial charge in [-0.25, -0.2) is 8.42 Å². The molecule has 0 aromatic heterocycles. The van der Waals surface area contributed by atoms with Crippen molar-refractivity contribution in [1.29, 1.82) is 0 Å². The maximum Gasteiger partial charge on any atom is 0.243 e. The molecule has 4 nitrogen and oxygen atoms in total. The van der Waals surface area contributed by atoms with E-state index in [2.05, 4.69) is 12.2 Å². The van der Waals surface area contributed by atoms with Gasteiger partial charge in [-0.3, -0.25) is 0 Å². The predicted octanol–water partition coefficient (Wildman–Crippen LogP) is 2.67. The molecule has 0 bridgehead atoms. The summed E-state index contributed by atoms with van der Waals surface area (Å²) in [7, 11) is -1.67. The van der Waals surface area contributed by atoms with Crippen molar-refractivity contribution in [3.8, 4) is 0 Å². The Hall–Kier alpha value is -0.910. The molecule has 1 fully saturated rings. The minimum Gasteiger partial charge on any atom is -0.313 e. The van der Waals surface area contributed by atoms with E-state index in [1.807, 2.05) is 19.1 Å². The summed E-state index contributed by atoms with van der Waals surface area (Å²) in [6.07, 6.45) is 4.16. The molecule has 1 aliphatic carbocycles. The third kappa shape index (κ3) is 3.47. The average Bonchev–Trinajstić information content (AvgIpc) is 2.38. The van der Waals surface area contributed by atoms with Crippen LogP contribution in [0.4, 0.5) is 0 Å². The standard InChI is InChI=1S/C16H26N2O2S/c1-4-11-17-12-14-7-5-10-16(13(14)2)21(19,20)18(3)15-8-6-9-15/h5,7,10,15,17H,4,6,8-9,11-12H2,1-3H3. The van der Waals surface area contributed by atoms with Crippen LogP contribution in [0.1, 0.15) is 43.7 Å². The van der Waals surface area contributed by atoms with Crippen molar-refractivity contribution < 1.29 is 8.42 Å². The van der Waals surface area contributed by atoms with Gasteiger partial charge in [0.1, 0.15) is 0 Å². The third-order valence-electron chi connectivity index (χ3n) is 4.38. The fraction of sp³-hybridized carbons (Fsp3) is 0.625. The molecule has 1 saturated carbocycles. The van der Waals surface area contributed by atoms with Crippen LogP contribution in [0.2, 0.25) is 0 Å². The van der Waals surface area contributed by atoms with Gasteiger partial charge < -0.3 is 5.32 Å². The lowest BCUT2D eigenvalue weighted by Gasteiger charge is -2.34. The molecule has 1 N–H and O–H groups in total. The molecule has 0 aliphatic heterocycles. The molecule has 21 heavy (non-hydrogen) atoms. The summed E-state index contributed by atoms with van der Waals surface area (Å²) in [6, 6.07) is 5.75. The highest BCUT2D eigenvalue weighted by Gasteiger charge is 2.32. The average molecular weight is 310 g/mol. The summed E-state index contributed by atoms with van der Waals surface area (Å²) in [5, 5.41) is 3.34. The van der Waals surface area contributed by atoms with Crippen LogP contribution in [-0.4, -0.2) is 32.4 Å². The number of nitrogens with zero attached hydrogens (tertiary/aromatic N) is 1. The zero-order chi connectivity index (χ0) is 15.5. The van der Waals surface area contributed by atoms with Crippen molar-refractivity contribution in [1.82, 2.24) is 9.62 Å². The molecule has 1 aromatic carbocycles. The Kier molecular flexibility index (Phi) is 5.41. The molecule has 5 heteroatoms. The van der Waals surface area contributed by atoms with Crippen LogP contribution in [0.5, 0.6) is 0 Å². The molecule has 0 spiro atoms. The zero-order valence-corrected chi connectivity index (χ0v) is 14.0. The molecule has 1 aromatic rings. The first-order valence-corrected chi connectivity index (χ1v) is 9.19. The van der Waals surface area contributed by atoms with Gasteiger partial charge in [-0.1, -0.05) is 25.5 Å². The second kappa shape index (κ2) is 6.90. The Morgan fingerprint density at radius 1 is 1.33 bits per heavy atom. The SMILES string of the molecule is CCCNCc1cccc(S(=O)(=O)N(C)C2CCC2)c1C. The van der Waals surface area contributed by atoms with Crippen molar-refractivity contribution in [2.45, 2.75) is 57.0 Å². The lowest BCUT2D eigenvalue weighted by atomic mass is 9.94. The monoisotopic (exact) mass is 310 g/mol. The number of hydrogen-bond donors (Lipinski definition) is 1. The van der Waals surface area contributed by atoms with Gasteiger partial charge in [0.25, 0.3) is 0 Å². The van der Waals surface area contributed by atoms with Crippen LogP contribution in [0, 0.1) is 6.92 Å². The largest absolute Gasteiger partial charge is 0.313 e. The van der Waals surface area contributed by atoms with Gasteiger partial charge in [-0.05, 0) is 49.9 Å². The zero-order valence-electron chi connectivity index (χ0n) is 13.2. The minimum absolute atomic E-state index is 0.177. The number of sulfonamides is 1. The van der Waals surface area contributed by atoms with Crippen molar-refractivity contribution in [3.05, 3.63) is 29.3 Å². The minimum atomic E-state index is -3.38. The number of rotatable bonds is 7. The smallest absolute Gasteiger partial charge is 0.243 e. The van der Waals surface area contributed by atoms with E-state index in [0.29, 0.717) is 4.90 Å². The van der Waals surface area contributed by atoms with E-state index >= 15 is 0 Å². The molecule has 0 atom stereocenters. The molecular formula is C16H26N2O2S. The summed E-state index contributed by atoms with van der Waals surface area (Å²) in [5.74, 6) is 0. The Morgan fingerprint density at radius 3 is 2.62 bits per heavy atom. The predicted molar refractivity (Wildman–Crippen MR) is 85.8 cm³/mol. The molecule has 0 amide bonds. The molecule has 0 saturated heterocycles. The van der Waals surface area contributed by atoms with Gasteiger partial charge >= 0.3 is 0 Å². The van der Waals surface area contributed by atoms with Gasteiger partial charge in [-0.15, -0.1) is 0 Å². The molecule has 118 valence electrons. The first-order chi connectivity index (χ1) is 9.98. The van der Waals surface area contributed by atoms with Gasteiger partial charge in [0.2, 0.25) is 10.0 Å². The highest BCUT2D eigenvalue weighted by molar-refractivity contribution is 7.89. The van der Waals surface area contributed by atoms with Crippen LogP contribution in [0.3, 0.4) is 0 Å². The summed E-state index contributed by atoms with van der Waals surface area (Å²) in [6.45, 7) is 5.69. The fourth-order valence-corrected chi connectivity index (χ4v) is 4.31. The normalized spacial score (nSPS) is 16.2. The number of benzene rings is 1. The van der Waals surface area contributed by atoms with E-state index in [9.17, 15) is 8.42 Å². The highest BCUT2D eigenvalue weighted by atomic mass is 32.2. The van der Waals surface area contributed by atoms with Crippen molar-refractivity contribution in [2.24, 2.45) is 0 Å². The van der Waals surface area contributed by atoms with E-state index in [1.165, 1.54) is 0 Å². The lowest BCUT2D eigenvalue weighted by molar-refractivity contribution is 0.249. The molecular weight excluding hydrogens is 284 g/mol. The van der Waals surface area contributed by atoms with E-state index in [1.54, 1.807) is 17.4 Å². The van der Waals surface area contributed by atoms with Gasteiger partial charge in [0.05, 0.1) is 4.90 Å². The first-order valence-electron chi connectivity index (χ1n) is 7.75. The van der Waals surface area contributed by atoms with Crippen molar-refractivity contribution in [2.75, 3.05) is 13.6 Å². The first kappa shape index (κ1) is 16.5. The van der Waals surface area contributed by atoms with E-state index in [0.717, 1.165) is 49.9 Å². The third-order valence-corrected chi connectivity index (χ3v) is 6.44. The van der Waals surface area contributed by atoms with Gasteiger partial charge in [0.15, 0.2) is 0 Å². The van der Waals surface area contributed by atoms with Crippen LogP contribution >= 0.6 is 0 Å². The Morgan fingerprint density at radius 2 is 2.05 bits per heavy atom.